The Morgan fingerprint density at radius 1 is 1.79 bits per heavy atom. The molecule has 1 N–H and O–H groups in total. The van der Waals surface area contributed by atoms with Crippen LogP contribution < -0.4 is 0 Å². The Morgan fingerprint density at radius 2 is 2.36 bits per heavy atom. The van der Waals surface area contributed by atoms with Crippen molar-refractivity contribution in [3.05, 3.63) is 0 Å². The maximum absolute atomic E-state index is 10.3. The van der Waals surface area contributed by atoms with E-state index in [4.69, 9.17) is 15.1 Å². The molecule has 1 saturated heterocycles. The van der Waals surface area contributed by atoms with Crippen molar-refractivity contribution in [3.8, 4) is 6.07 Å². The molecule has 78 valence electrons. The molecule has 1 aliphatic heterocycles. The number of hydrogen-bond acceptors (Lipinski definition) is 4. The Balaban J connectivity index is 2.31. The van der Waals surface area contributed by atoms with Gasteiger partial charge in [-0.25, -0.2) is 4.79 Å². The number of aliphatic carboxylic acids is 1. The molecule has 0 radical (unpaired) electrons. The lowest BCUT2D eigenvalue weighted by atomic mass is 9.94. The first kappa shape index (κ1) is 11.0. The third-order valence-corrected chi connectivity index (χ3v) is 2.35. The molecule has 0 aromatic carbocycles. The van der Waals surface area contributed by atoms with Gasteiger partial charge in [-0.15, -0.1) is 0 Å². The van der Waals surface area contributed by atoms with Crippen molar-refractivity contribution in [2.75, 3.05) is 19.7 Å². The van der Waals surface area contributed by atoms with Gasteiger partial charge in [-0.2, -0.15) is 5.26 Å². The van der Waals surface area contributed by atoms with Crippen molar-refractivity contribution in [1.29, 1.82) is 5.26 Å². The molecule has 14 heavy (non-hydrogen) atoms. The predicted octanol–water partition coefficient (Wildman–Crippen LogP) is 0.0740. The van der Waals surface area contributed by atoms with Crippen molar-refractivity contribution in [3.63, 3.8) is 0 Å². The summed E-state index contributed by atoms with van der Waals surface area (Å²) in [4.78, 5) is 12.2. The average Bonchev–Trinajstić information content (AvgIpc) is 2.09. The van der Waals surface area contributed by atoms with Crippen LogP contribution in [0, 0.1) is 11.3 Å². The molecule has 5 nitrogen and oxygen atoms in total. The molecular formula is C9H14N2O3. The van der Waals surface area contributed by atoms with E-state index < -0.39 is 11.6 Å². The van der Waals surface area contributed by atoms with Gasteiger partial charge < -0.3 is 9.84 Å². The maximum Gasteiger partial charge on any atom is 0.329 e. The van der Waals surface area contributed by atoms with Crippen LogP contribution in [0.2, 0.25) is 0 Å². The molecule has 1 aliphatic rings. The van der Waals surface area contributed by atoms with Crippen molar-refractivity contribution in [2.45, 2.75) is 25.5 Å². The molecule has 0 aromatic rings. The summed E-state index contributed by atoms with van der Waals surface area (Å²) < 4.78 is 5.20. The van der Waals surface area contributed by atoms with Gasteiger partial charge in [-0.1, -0.05) is 0 Å². The normalized spacial score (nSPS) is 22.1. The Bertz CT molecular complexity index is 266. The highest BCUT2D eigenvalue weighted by molar-refractivity contribution is 5.68. The number of nitrogens with zero attached hydrogens (tertiary/aromatic N) is 2. The van der Waals surface area contributed by atoms with Gasteiger partial charge >= 0.3 is 5.97 Å². The molecule has 1 rings (SSSR count). The van der Waals surface area contributed by atoms with E-state index in [-0.39, 0.29) is 12.6 Å². The van der Waals surface area contributed by atoms with E-state index in [1.807, 2.05) is 18.7 Å². The number of ether oxygens (including phenoxy) is 1. The second-order valence-corrected chi connectivity index (χ2v) is 3.84. The third-order valence-electron chi connectivity index (χ3n) is 2.35. The van der Waals surface area contributed by atoms with E-state index in [9.17, 15) is 4.79 Å². The second-order valence-electron chi connectivity index (χ2n) is 3.84. The summed E-state index contributed by atoms with van der Waals surface area (Å²) in [7, 11) is 0. The number of carbonyl (C=O) groups is 1. The Hall–Kier alpha value is -1.12. The molecule has 5 heteroatoms. The molecule has 0 bridgehead atoms. The van der Waals surface area contributed by atoms with Gasteiger partial charge in [0, 0.05) is 13.1 Å². The molecule has 1 fully saturated rings. The average molecular weight is 198 g/mol. The van der Waals surface area contributed by atoms with Gasteiger partial charge in [-0.3, -0.25) is 4.90 Å². The first-order valence-electron chi connectivity index (χ1n) is 4.46. The summed E-state index contributed by atoms with van der Waals surface area (Å²) in [6, 6.07) is 2.00. The van der Waals surface area contributed by atoms with E-state index in [1.165, 1.54) is 0 Å². The summed E-state index contributed by atoms with van der Waals surface area (Å²) in [5.41, 5.74) is -0.399. The molecule has 1 atom stereocenters. The number of likely N-dealkylation sites (tertiary alicyclic amines) is 1. The molecule has 0 aromatic heterocycles. The van der Waals surface area contributed by atoms with Crippen LogP contribution in [0.5, 0.6) is 0 Å². The lowest BCUT2D eigenvalue weighted by Crippen LogP contribution is -2.63. The van der Waals surface area contributed by atoms with E-state index >= 15 is 0 Å². The minimum atomic E-state index is -0.960. The summed E-state index contributed by atoms with van der Waals surface area (Å²) in [6.07, 6.45) is 0. The molecule has 0 saturated carbocycles. The molecule has 0 spiro atoms. The highest BCUT2D eigenvalue weighted by Crippen LogP contribution is 2.26. The highest BCUT2D eigenvalue weighted by atomic mass is 16.5. The third kappa shape index (κ3) is 2.44. The molecule has 1 heterocycles. The lowest BCUT2D eigenvalue weighted by Gasteiger charge is -2.48. The van der Waals surface area contributed by atoms with Gasteiger partial charge in [0.15, 0.2) is 0 Å². The lowest BCUT2D eigenvalue weighted by molar-refractivity contribution is -0.166. The zero-order chi connectivity index (χ0) is 10.8. The van der Waals surface area contributed by atoms with Crippen molar-refractivity contribution in [2.24, 2.45) is 0 Å². The zero-order valence-electron chi connectivity index (χ0n) is 8.36. The minimum absolute atomic E-state index is 0.128. The molecule has 0 aliphatic carbocycles. The summed E-state index contributed by atoms with van der Waals surface area (Å²) in [5.74, 6) is -0.960. The van der Waals surface area contributed by atoms with E-state index in [0.717, 1.165) is 0 Å². The number of hydrogen-bond donors (Lipinski definition) is 1. The van der Waals surface area contributed by atoms with Crippen LogP contribution in [0.4, 0.5) is 0 Å². The maximum atomic E-state index is 10.3. The van der Waals surface area contributed by atoms with Crippen LogP contribution >= 0.6 is 0 Å². The monoisotopic (exact) mass is 198 g/mol. The second kappa shape index (κ2) is 3.95. The first-order chi connectivity index (χ1) is 6.47. The number of carboxylic acid groups (broad SMARTS) is 1. The highest BCUT2D eigenvalue weighted by Gasteiger charge is 2.42. The van der Waals surface area contributed by atoms with Gasteiger partial charge in [0.05, 0.1) is 17.7 Å². The number of rotatable bonds is 4. The fourth-order valence-electron chi connectivity index (χ4n) is 1.50. The van der Waals surface area contributed by atoms with Gasteiger partial charge in [0.25, 0.3) is 0 Å². The van der Waals surface area contributed by atoms with Gasteiger partial charge in [0.1, 0.15) is 6.61 Å². The first-order valence-corrected chi connectivity index (χ1v) is 4.46. The standard InChI is InChI=1S/C9H14N2O3/c1-7(3-10)11-5-9(2,6-11)14-4-8(12)13/h7H,4-6H2,1-2H3,(H,12,13). The zero-order valence-corrected chi connectivity index (χ0v) is 8.36. The van der Waals surface area contributed by atoms with Gasteiger partial charge in [-0.05, 0) is 13.8 Å². The fourth-order valence-corrected chi connectivity index (χ4v) is 1.50. The van der Waals surface area contributed by atoms with Crippen LogP contribution in [0.15, 0.2) is 0 Å². The molecule has 1 unspecified atom stereocenters. The number of nitriles is 1. The van der Waals surface area contributed by atoms with E-state index in [2.05, 4.69) is 6.07 Å². The van der Waals surface area contributed by atoms with Crippen molar-refractivity contribution in [1.82, 2.24) is 4.90 Å². The van der Waals surface area contributed by atoms with E-state index in [0.29, 0.717) is 13.1 Å². The van der Waals surface area contributed by atoms with Crippen LogP contribution in [0.1, 0.15) is 13.8 Å². The van der Waals surface area contributed by atoms with Crippen LogP contribution in [-0.4, -0.2) is 47.3 Å². The van der Waals surface area contributed by atoms with Crippen LogP contribution in [-0.2, 0) is 9.53 Å². The van der Waals surface area contributed by atoms with Crippen LogP contribution in [0.25, 0.3) is 0 Å². The Kier molecular flexibility index (Phi) is 3.09. The summed E-state index contributed by atoms with van der Waals surface area (Å²) in [5, 5.41) is 17.1. The SMILES string of the molecule is CC(C#N)N1CC(C)(OCC(=O)O)C1. The smallest absolute Gasteiger partial charge is 0.329 e. The minimum Gasteiger partial charge on any atom is -0.480 e. The molecule has 0 amide bonds. The van der Waals surface area contributed by atoms with E-state index in [1.54, 1.807) is 0 Å². The topological polar surface area (TPSA) is 73.6 Å². The fraction of sp³-hybridized carbons (Fsp3) is 0.778. The largest absolute Gasteiger partial charge is 0.480 e. The quantitative estimate of drug-likeness (QED) is 0.692. The summed E-state index contributed by atoms with van der Waals surface area (Å²) in [6.45, 7) is 4.64. The van der Waals surface area contributed by atoms with Gasteiger partial charge in [0.2, 0.25) is 0 Å². The van der Waals surface area contributed by atoms with Crippen LogP contribution in [0.3, 0.4) is 0 Å². The molecular weight excluding hydrogens is 184 g/mol. The van der Waals surface area contributed by atoms with Crippen molar-refractivity contribution >= 4 is 5.97 Å². The van der Waals surface area contributed by atoms with Crippen molar-refractivity contribution < 1.29 is 14.6 Å². The summed E-state index contributed by atoms with van der Waals surface area (Å²) >= 11 is 0. The predicted molar refractivity (Wildman–Crippen MR) is 48.6 cm³/mol. The Morgan fingerprint density at radius 3 is 2.79 bits per heavy atom. The Labute approximate surface area is 82.9 Å². The number of carboxylic acids is 1.